The Morgan fingerprint density at radius 2 is 2.30 bits per heavy atom. The van der Waals surface area contributed by atoms with Gasteiger partial charge in [0.15, 0.2) is 0 Å². The van der Waals surface area contributed by atoms with Crippen molar-refractivity contribution in [1.82, 2.24) is 4.90 Å². The summed E-state index contributed by atoms with van der Waals surface area (Å²) in [6.07, 6.45) is 2.44. The molecule has 2 unspecified atom stereocenters. The number of aryl methyl sites for hydroxylation is 1. The minimum Gasteiger partial charge on any atom is -0.381 e. The average molecular weight is 341 g/mol. The zero-order valence-electron chi connectivity index (χ0n) is 12.4. The first kappa shape index (κ1) is 16.0. The minimum atomic E-state index is 0.256. The Balaban J connectivity index is 2.06. The van der Waals surface area contributed by atoms with Crippen molar-refractivity contribution in [3.63, 3.8) is 0 Å². The van der Waals surface area contributed by atoms with Crippen LogP contribution in [-0.4, -0.2) is 38.3 Å². The summed E-state index contributed by atoms with van der Waals surface area (Å²) in [6, 6.07) is 6.76. The number of likely N-dealkylation sites (N-methyl/N-ethyl adjacent to an activating group) is 1. The van der Waals surface area contributed by atoms with Gasteiger partial charge in [-0.15, -0.1) is 0 Å². The van der Waals surface area contributed by atoms with Crippen LogP contribution in [0.1, 0.15) is 30.0 Å². The van der Waals surface area contributed by atoms with E-state index in [0.717, 1.165) is 24.2 Å². The molecule has 1 aromatic rings. The summed E-state index contributed by atoms with van der Waals surface area (Å²) in [6.45, 7) is 5.59. The van der Waals surface area contributed by atoms with Crippen molar-refractivity contribution in [2.75, 3.05) is 33.4 Å². The number of nitrogens with two attached hydrogens (primary N) is 1. The van der Waals surface area contributed by atoms with Crippen molar-refractivity contribution in [3.8, 4) is 0 Å². The number of hydrogen-bond acceptors (Lipinski definition) is 3. The van der Waals surface area contributed by atoms with E-state index >= 15 is 0 Å². The molecule has 0 bridgehead atoms. The van der Waals surface area contributed by atoms with E-state index in [2.05, 4.69) is 53.0 Å². The Bertz CT molecular complexity index is 432. The third-order valence-electron chi connectivity index (χ3n) is 4.07. The average Bonchev–Trinajstić information content (AvgIpc) is 2.43. The number of ether oxygens (including phenoxy) is 1. The highest BCUT2D eigenvalue weighted by atomic mass is 79.9. The summed E-state index contributed by atoms with van der Waals surface area (Å²) < 4.78 is 6.73. The highest BCUT2D eigenvalue weighted by Crippen LogP contribution is 2.28. The van der Waals surface area contributed by atoms with E-state index in [9.17, 15) is 0 Å². The smallest absolute Gasteiger partial charge is 0.0506 e. The molecule has 0 aliphatic carbocycles. The van der Waals surface area contributed by atoms with Crippen LogP contribution in [0.5, 0.6) is 0 Å². The summed E-state index contributed by atoms with van der Waals surface area (Å²) in [5.74, 6) is 0.632. The van der Waals surface area contributed by atoms with Crippen LogP contribution in [0, 0.1) is 12.8 Å². The topological polar surface area (TPSA) is 38.5 Å². The molecule has 0 aromatic heterocycles. The highest BCUT2D eigenvalue weighted by Gasteiger charge is 2.22. The van der Waals surface area contributed by atoms with Gasteiger partial charge in [0.1, 0.15) is 0 Å². The molecule has 2 atom stereocenters. The molecule has 1 aliphatic rings. The van der Waals surface area contributed by atoms with Crippen molar-refractivity contribution < 1.29 is 4.74 Å². The molecule has 3 nitrogen and oxygen atoms in total. The molecule has 0 spiro atoms. The minimum absolute atomic E-state index is 0.256. The standard InChI is InChI=1S/C16H25BrN2O/c1-12-5-6-14(15(17)8-12)16(9-18)19(2)10-13-4-3-7-20-11-13/h5-6,8,13,16H,3-4,7,9-11,18H2,1-2H3. The maximum Gasteiger partial charge on any atom is 0.0506 e. The molecule has 4 heteroatoms. The predicted octanol–water partition coefficient (Wildman–Crippen LogP) is 3.12. The molecule has 112 valence electrons. The van der Waals surface area contributed by atoms with Gasteiger partial charge < -0.3 is 10.5 Å². The number of halogens is 1. The maximum absolute atomic E-state index is 6.02. The number of hydrogen-bond donors (Lipinski definition) is 1. The van der Waals surface area contributed by atoms with Gasteiger partial charge in [0.2, 0.25) is 0 Å². The fourth-order valence-electron chi connectivity index (χ4n) is 2.93. The number of nitrogens with zero attached hydrogens (tertiary/aromatic N) is 1. The Morgan fingerprint density at radius 1 is 1.50 bits per heavy atom. The molecule has 0 radical (unpaired) electrons. The van der Waals surface area contributed by atoms with Crippen LogP contribution in [0.2, 0.25) is 0 Å². The van der Waals surface area contributed by atoms with Gasteiger partial charge in [-0.25, -0.2) is 0 Å². The summed E-state index contributed by atoms with van der Waals surface area (Å²) in [4.78, 5) is 2.37. The fourth-order valence-corrected chi connectivity index (χ4v) is 3.69. The van der Waals surface area contributed by atoms with E-state index in [0.29, 0.717) is 12.5 Å². The van der Waals surface area contributed by atoms with Crippen molar-refractivity contribution in [2.24, 2.45) is 11.7 Å². The van der Waals surface area contributed by atoms with Gasteiger partial charge in [0, 0.05) is 30.2 Å². The molecule has 2 rings (SSSR count). The van der Waals surface area contributed by atoms with E-state index in [1.165, 1.54) is 24.0 Å². The second-order valence-corrected chi connectivity index (χ2v) is 6.65. The largest absolute Gasteiger partial charge is 0.381 e. The second kappa shape index (κ2) is 7.55. The zero-order chi connectivity index (χ0) is 14.5. The van der Waals surface area contributed by atoms with Crippen LogP contribution in [0.15, 0.2) is 22.7 Å². The monoisotopic (exact) mass is 340 g/mol. The van der Waals surface area contributed by atoms with Gasteiger partial charge in [-0.3, -0.25) is 4.90 Å². The molecular formula is C16H25BrN2O. The molecule has 0 saturated carbocycles. The first-order valence-electron chi connectivity index (χ1n) is 7.36. The molecular weight excluding hydrogens is 316 g/mol. The first-order chi connectivity index (χ1) is 9.61. The quantitative estimate of drug-likeness (QED) is 0.894. The van der Waals surface area contributed by atoms with Crippen LogP contribution >= 0.6 is 15.9 Å². The molecule has 2 N–H and O–H groups in total. The summed E-state index contributed by atoms with van der Waals surface area (Å²) in [5, 5.41) is 0. The van der Waals surface area contributed by atoms with E-state index in [-0.39, 0.29) is 6.04 Å². The third kappa shape index (κ3) is 4.04. The third-order valence-corrected chi connectivity index (χ3v) is 4.76. The van der Waals surface area contributed by atoms with Gasteiger partial charge in [-0.05, 0) is 49.9 Å². The predicted molar refractivity (Wildman–Crippen MR) is 86.8 cm³/mol. The second-order valence-electron chi connectivity index (χ2n) is 5.80. The molecule has 1 aromatic carbocycles. The lowest BCUT2D eigenvalue weighted by molar-refractivity contribution is 0.0365. The molecule has 1 aliphatic heterocycles. The lowest BCUT2D eigenvalue weighted by atomic mass is 9.99. The van der Waals surface area contributed by atoms with Crippen LogP contribution < -0.4 is 5.73 Å². The highest BCUT2D eigenvalue weighted by molar-refractivity contribution is 9.10. The van der Waals surface area contributed by atoms with E-state index in [1.807, 2.05) is 0 Å². The summed E-state index contributed by atoms with van der Waals surface area (Å²) in [5.41, 5.74) is 8.56. The Labute approximate surface area is 130 Å². The van der Waals surface area contributed by atoms with Crippen LogP contribution in [0.25, 0.3) is 0 Å². The number of rotatable bonds is 5. The SMILES string of the molecule is Cc1ccc(C(CN)N(C)CC2CCCOC2)c(Br)c1. The molecule has 1 fully saturated rings. The van der Waals surface area contributed by atoms with Crippen molar-refractivity contribution in [3.05, 3.63) is 33.8 Å². The summed E-state index contributed by atoms with van der Waals surface area (Å²) >= 11 is 3.68. The lowest BCUT2D eigenvalue weighted by Crippen LogP contribution is -2.36. The molecule has 20 heavy (non-hydrogen) atoms. The van der Waals surface area contributed by atoms with Gasteiger partial charge >= 0.3 is 0 Å². The Hall–Kier alpha value is -0.420. The van der Waals surface area contributed by atoms with Crippen LogP contribution in [-0.2, 0) is 4.74 Å². The summed E-state index contributed by atoms with van der Waals surface area (Å²) in [7, 11) is 2.17. The zero-order valence-corrected chi connectivity index (χ0v) is 14.0. The molecule has 0 amide bonds. The number of benzene rings is 1. The van der Waals surface area contributed by atoms with Gasteiger partial charge in [-0.1, -0.05) is 28.1 Å². The Kier molecular flexibility index (Phi) is 6.02. The van der Waals surface area contributed by atoms with Crippen molar-refractivity contribution in [1.29, 1.82) is 0 Å². The van der Waals surface area contributed by atoms with Gasteiger partial charge in [0.25, 0.3) is 0 Å². The Morgan fingerprint density at radius 3 is 2.90 bits per heavy atom. The van der Waals surface area contributed by atoms with Crippen molar-refractivity contribution >= 4 is 15.9 Å². The fraction of sp³-hybridized carbons (Fsp3) is 0.625. The van der Waals surface area contributed by atoms with Crippen molar-refractivity contribution in [2.45, 2.75) is 25.8 Å². The lowest BCUT2D eigenvalue weighted by Gasteiger charge is -2.33. The van der Waals surface area contributed by atoms with Gasteiger partial charge in [-0.2, -0.15) is 0 Å². The van der Waals surface area contributed by atoms with E-state index in [1.54, 1.807) is 0 Å². The van der Waals surface area contributed by atoms with Crippen LogP contribution in [0.3, 0.4) is 0 Å². The normalized spacial score (nSPS) is 21.1. The van der Waals surface area contributed by atoms with E-state index in [4.69, 9.17) is 10.5 Å². The van der Waals surface area contributed by atoms with Crippen LogP contribution in [0.4, 0.5) is 0 Å². The van der Waals surface area contributed by atoms with Gasteiger partial charge in [0.05, 0.1) is 6.61 Å². The van der Waals surface area contributed by atoms with E-state index < -0.39 is 0 Å². The molecule has 1 saturated heterocycles. The first-order valence-corrected chi connectivity index (χ1v) is 8.15. The maximum atomic E-state index is 6.02. The molecule has 1 heterocycles.